The quantitative estimate of drug-likeness (QED) is 0.662. The lowest BCUT2D eigenvalue weighted by molar-refractivity contribution is -0.0553. The van der Waals surface area contributed by atoms with Gasteiger partial charge < -0.3 is 9.84 Å². The maximum atomic E-state index is 13.5. The third kappa shape index (κ3) is 5.01. The van der Waals surface area contributed by atoms with Crippen LogP contribution in [0.5, 0.6) is 5.75 Å². The zero-order valence-corrected chi connectivity index (χ0v) is 21.0. The number of hydrogen-bond donors (Lipinski definition) is 1. The van der Waals surface area contributed by atoms with Crippen molar-refractivity contribution in [3.8, 4) is 17.6 Å². The fourth-order valence-corrected chi connectivity index (χ4v) is 6.59. The minimum Gasteiger partial charge on any atom is -0.497 e. The number of nitrogens with zero attached hydrogens (tertiary/aromatic N) is 2. The smallest absolute Gasteiger partial charge is 0.243 e. The molecule has 3 atom stereocenters. The molecule has 0 saturated carbocycles. The normalized spacial score (nSPS) is 23.7. The van der Waals surface area contributed by atoms with Gasteiger partial charge in [-0.2, -0.15) is 4.31 Å². The maximum Gasteiger partial charge on any atom is 0.243 e. The average molecular weight is 483 g/mol. The predicted octanol–water partition coefficient (Wildman–Crippen LogP) is 3.32. The van der Waals surface area contributed by atoms with E-state index in [2.05, 4.69) is 42.7 Å². The highest BCUT2D eigenvalue weighted by Crippen LogP contribution is 2.42. The predicted molar refractivity (Wildman–Crippen MR) is 133 cm³/mol. The molecule has 2 heterocycles. The number of sulfonamides is 1. The molecule has 0 spiro atoms. The fraction of sp³-hybridized carbons (Fsp3) is 0.481. The van der Waals surface area contributed by atoms with Gasteiger partial charge in [0.1, 0.15) is 5.75 Å². The molecule has 2 saturated heterocycles. The van der Waals surface area contributed by atoms with E-state index in [1.807, 2.05) is 12.1 Å². The molecule has 0 radical (unpaired) electrons. The van der Waals surface area contributed by atoms with Crippen molar-refractivity contribution in [1.29, 1.82) is 0 Å². The molecule has 2 aromatic rings. The van der Waals surface area contributed by atoms with E-state index in [9.17, 15) is 13.5 Å². The monoisotopic (exact) mass is 482 g/mol. The standard InChI is InChI=1S/C27H34N2O4S/c1-20(2)9-10-21-11-13-22(14-12-21)27-25-18-28(15-4-5-16-29(25)26(27)19-30)34(31,32)24-8-6-7-23(17-24)33-3/h6-8,11-14,17,20,25-27,30H,4-5,15-16,18-19H2,1-3H3/t25-,26+,27-/m0/s1. The first-order valence-corrected chi connectivity index (χ1v) is 13.4. The van der Waals surface area contributed by atoms with Gasteiger partial charge in [0.15, 0.2) is 0 Å². The Morgan fingerprint density at radius 2 is 1.85 bits per heavy atom. The first-order valence-electron chi connectivity index (χ1n) is 12.0. The highest BCUT2D eigenvalue weighted by atomic mass is 32.2. The number of benzene rings is 2. The Labute approximate surface area is 203 Å². The van der Waals surface area contributed by atoms with Crippen LogP contribution in [-0.4, -0.2) is 68.2 Å². The molecule has 6 nitrogen and oxygen atoms in total. The first kappa shape index (κ1) is 24.7. The summed E-state index contributed by atoms with van der Waals surface area (Å²) in [6.45, 7) is 5.95. The summed E-state index contributed by atoms with van der Waals surface area (Å²) in [6.07, 6.45) is 1.69. The van der Waals surface area contributed by atoms with Crippen molar-refractivity contribution in [1.82, 2.24) is 9.21 Å². The maximum absolute atomic E-state index is 13.5. The van der Waals surface area contributed by atoms with Gasteiger partial charge in [0.2, 0.25) is 10.0 Å². The van der Waals surface area contributed by atoms with Gasteiger partial charge in [-0.15, -0.1) is 0 Å². The van der Waals surface area contributed by atoms with Crippen molar-refractivity contribution in [2.24, 2.45) is 5.92 Å². The van der Waals surface area contributed by atoms with Crippen LogP contribution in [0.2, 0.25) is 0 Å². The molecule has 1 N–H and O–H groups in total. The lowest BCUT2D eigenvalue weighted by Gasteiger charge is -2.57. The van der Waals surface area contributed by atoms with Crippen LogP contribution in [-0.2, 0) is 10.0 Å². The SMILES string of the molecule is COc1cccc(S(=O)(=O)N2CCCCN3[C@H](CO)[C@@H](c4ccc(C#CC(C)C)cc4)[C@@H]3C2)c1. The van der Waals surface area contributed by atoms with Crippen LogP contribution in [0.3, 0.4) is 0 Å². The third-order valence-electron chi connectivity index (χ3n) is 6.81. The second kappa shape index (κ2) is 10.5. The number of hydrogen-bond acceptors (Lipinski definition) is 5. The van der Waals surface area contributed by atoms with Crippen LogP contribution in [0, 0.1) is 17.8 Å². The van der Waals surface area contributed by atoms with E-state index in [-0.39, 0.29) is 29.5 Å². The van der Waals surface area contributed by atoms with Crippen LogP contribution in [0.1, 0.15) is 43.7 Å². The molecule has 182 valence electrons. The van der Waals surface area contributed by atoms with Gasteiger partial charge in [0.25, 0.3) is 0 Å². The molecule has 2 fully saturated rings. The van der Waals surface area contributed by atoms with Crippen molar-refractivity contribution in [3.05, 3.63) is 59.7 Å². The van der Waals surface area contributed by atoms with Gasteiger partial charge in [-0.1, -0.05) is 43.9 Å². The lowest BCUT2D eigenvalue weighted by atomic mass is 9.74. The van der Waals surface area contributed by atoms with E-state index in [0.29, 0.717) is 24.8 Å². The van der Waals surface area contributed by atoms with Gasteiger partial charge in [-0.3, -0.25) is 4.90 Å². The molecule has 0 aromatic heterocycles. The number of fused-ring (bicyclic) bond motifs is 1. The highest BCUT2D eigenvalue weighted by Gasteiger charge is 2.50. The summed E-state index contributed by atoms with van der Waals surface area (Å²) in [5.74, 6) is 7.28. The van der Waals surface area contributed by atoms with Gasteiger partial charge in [-0.05, 0) is 49.2 Å². The van der Waals surface area contributed by atoms with Gasteiger partial charge >= 0.3 is 0 Å². The van der Waals surface area contributed by atoms with Gasteiger partial charge in [-0.25, -0.2) is 8.42 Å². The van der Waals surface area contributed by atoms with Crippen molar-refractivity contribution in [2.75, 3.05) is 33.4 Å². The van der Waals surface area contributed by atoms with E-state index < -0.39 is 10.0 Å². The second-order valence-corrected chi connectivity index (χ2v) is 11.3. The van der Waals surface area contributed by atoms with Crippen LogP contribution in [0.25, 0.3) is 0 Å². The molecular formula is C27H34N2O4S. The molecule has 2 aliphatic heterocycles. The van der Waals surface area contributed by atoms with Crippen LogP contribution in [0.15, 0.2) is 53.4 Å². The first-order chi connectivity index (χ1) is 16.3. The molecule has 0 bridgehead atoms. The van der Waals surface area contributed by atoms with Gasteiger partial charge in [0, 0.05) is 48.6 Å². The van der Waals surface area contributed by atoms with E-state index in [1.54, 1.807) is 28.6 Å². The lowest BCUT2D eigenvalue weighted by Crippen LogP contribution is -2.67. The summed E-state index contributed by atoms with van der Waals surface area (Å²) in [5, 5.41) is 10.2. The molecule has 0 amide bonds. The minimum atomic E-state index is -3.66. The van der Waals surface area contributed by atoms with Crippen molar-refractivity contribution < 1.29 is 18.3 Å². The third-order valence-corrected chi connectivity index (χ3v) is 8.67. The van der Waals surface area contributed by atoms with Crippen molar-refractivity contribution >= 4 is 10.0 Å². The Morgan fingerprint density at radius 3 is 2.53 bits per heavy atom. The summed E-state index contributed by atoms with van der Waals surface area (Å²) in [6, 6.07) is 14.9. The summed E-state index contributed by atoms with van der Waals surface area (Å²) in [4.78, 5) is 2.53. The Bertz CT molecular complexity index is 1150. The van der Waals surface area contributed by atoms with E-state index in [4.69, 9.17) is 4.74 Å². The molecule has 2 aromatic carbocycles. The number of ether oxygens (including phenoxy) is 1. The van der Waals surface area contributed by atoms with Gasteiger partial charge in [0.05, 0.1) is 18.6 Å². The van der Waals surface area contributed by atoms with Crippen molar-refractivity contribution in [2.45, 2.75) is 49.6 Å². The van der Waals surface area contributed by atoms with Crippen LogP contribution >= 0.6 is 0 Å². The molecule has 2 aliphatic rings. The molecule has 0 aliphatic carbocycles. The number of methoxy groups -OCH3 is 1. The van der Waals surface area contributed by atoms with E-state index >= 15 is 0 Å². The zero-order chi connectivity index (χ0) is 24.3. The Morgan fingerprint density at radius 1 is 1.12 bits per heavy atom. The zero-order valence-electron chi connectivity index (χ0n) is 20.1. The topological polar surface area (TPSA) is 70.1 Å². The largest absolute Gasteiger partial charge is 0.497 e. The molecule has 4 rings (SSSR count). The Balaban J connectivity index is 1.61. The summed E-state index contributed by atoms with van der Waals surface area (Å²) < 4.78 is 34.0. The van der Waals surface area contributed by atoms with Crippen LogP contribution < -0.4 is 4.74 Å². The summed E-state index contributed by atoms with van der Waals surface area (Å²) >= 11 is 0. The number of rotatable bonds is 5. The number of aliphatic hydroxyl groups is 1. The Kier molecular flexibility index (Phi) is 7.63. The summed E-state index contributed by atoms with van der Waals surface area (Å²) in [7, 11) is -2.13. The minimum absolute atomic E-state index is 0.00271. The fourth-order valence-electron chi connectivity index (χ4n) is 5.05. The van der Waals surface area contributed by atoms with Crippen molar-refractivity contribution in [3.63, 3.8) is 0 Å². The molecule has 7 heteroatoms. The second-order valence-electron chi connectivity index (χ2n) is 9.38. The van der Waals surface area contributed by atoms with E-state index in [1.165, 1.54) is 7.11 Å². The summed E-state index contributed by atoms with van der Waals surface area (Å²) in [5.41, 5.74) is 2.09. The highest BCUT2D eigenvalue weighted by molar-refractivity contribution is 7.89. The molecule has 0 unspecified atom stereocenters. The Hall–Kier alpha value is -2.37. The molecule has 34 heavy (non-hydrogen) atoms. The van der Waals surface area contributed by atoms with Crippen LogP contribution in [0.4, 0.5) is 0 Å². The molecular weight excluding hydrogens is 448 g/mol. The number of aliphatic hydroxyl groups excluding tert-OH is 1. The average Bonchev–Trinajstić information content (AvgIpc) is 2.82. The van der Waals surface area contributed by atoms with E-state index in [0.717, 1.165) is 30.5 Å².